The fraction of sp³-hybridized carbons (Fsp3) is 0.333. The second-order valence-electron chi connectivity index (χ2n) is 7.70. The third kappa shape index (κ3) is 4.19. The van der Waals surface area contributed by atoms with E-state index in [9.17, 15) is 14.3 Å². The molecule has 3 aromatic rings. The number of carbonyl (C=O) groups excluding carboxylic acids is 1. The maximum absolute atomic E-state index is 14.9. The van der Waals surface area contributed by atoms with Gasteiger partial charge in [-0.2, -0.15) is 0 Å². The Morgan fingerprint density at radius 1 is 1.16 bits per heavy atom. The van der Waals surface area contributed by atoms with Crippen LogP contribution in [0.25, 0.3) is 11.3 Å². The van der Waals surface area contributed by atoms with Crippen molar-refractivity contribution >= 4 is 23.4 Å². The van der Waals surface area contributed by atoms with Crippen LogP contribution in [-0.2, 0) is 4.79 Å². The second kappa shape index (κ2) is 9.65. The van der Waals surface area contributed by atoms with E-state index in [0.717, 1.165) is 31.4 Å². The van der Waals surface area contributed by atoms with Crippen molar-refractivity contribution < 1.29 is 19.0 Å². The maximum Gasteiger partial charge on any atom is 0.295 e. The number of halogens is 1. The van der Waals surface area contributed by atoms with E-state index in [-0.39, 0.29) is 17.2 Å². The minimum absolute atomic E-state index is 0.252. The predicted molar refractivity (Wildman–Crippen MR) is 120 cm³/mol. The molecule has 1 unspecified atom stereocenters. The van der Waals surface area contributed by atoms with Crippen LogP contribution in [0.1, 0.15) is 51.3 Å². The van der Waals surface area contributed by atoms with Gasteiger partial charge < -0.3 is 5.11 Å². The van der Waals surface area contributed by atoms with Gasteiger partial charge in [-0.05, 0) is 30.7 Å². The van der Waals surface area contributed by atoms with E-state index in [2.05, 4.69) is 17.0 Å². The molecule has 0 fully saturated rings. The number of hydrogen-bond donors (Lipinski definition) is 0. The van der Waals surface area contributed by atoms with Crippen LogP contribution >= 0.6 is 11.8 Å². The van der Waals surface area contributed by atoms with Crippen LogP contribution in [0, 0.1) is 5.82 Å². The van der Waals surface area contributed by atoms with Gasteiger partial charge in [-0.25, -0.2) is 14.3 Å². The highest BCUT2D eigenvalue weighted by molar-refractivity contribution is 7.99. The Labute approximate surface area is 191 Å². The Kier molecular flexibility index (Phi) is 6.69. The molecule has 6 nitrogen and oxygen atoms in total. The molecule has 0 spiro atoms. The molecule has 8 heteroatoms. The fourth-order valence-electron chi connectivity index (χ4n) is 3.99. The van der Waals surface area contributed by atoms with Crippen molar-refractivity contribution in [1.29, 1.82) is 0 Å². The SMILES string of the molecule is CCCCCCSc1nc([O-])c2[n+](n1)C(c1ccccc1F)N(C(C)=O)c1ccccc1-2. The number of thioether (sulfide) groups is 1. The Balaban J connectivity index is 1.86. The molecular weight excluding hydrogens is 427 g/mol. The first-order valence-corrected chi connectivity index (χ1v) is 11.8. The molecule has 4 rings (SSSR count). The van der Waals surface area contributed by atoms with Crippen molar-refractivity contribution in [3.05, 3.63) is 59.9 Å². The first-order valence-electron chi connectivity index (χ1n) is 10.8. The van der Waals surface area contributed by atoms with Gasteiger partial charge in [0, 0.05) is 17.8 Å². The van der Waals surface area contributed by atoms with Crippen LogP contribution in [0.4, 0.5) is 10.1 Å². The molecule has 1 aliphatic rings. The number of rotatable bonds is 7. The zero-order valence-electron chi connectivity index (χ0n) is 18.1. The molecule has 2 heterocycles. The Hall–Kier alpha value is -3.00. The highest BCUT2D eigenvalue weighted by Gasteiger charge is 2.44. The smallest absolute Gasteiger partial charge is 0.295 e. The van der Waals surface area contributed by atoms with Crippen molar-refractivity contribution in [2.75, 3.05) is 10.7 Å². The summed E-state index contributed by atoms with van der Waals surface area (Å²) in [6, 6.07) is 13.4. The highest BCUT2D eigenvalue weighted by atomic mass is 32.2. The van der Waals surface area contributed by atoms with E-state index < -0.39 is 17.9 Å². The monoisotopic (exact) mass is 452 g/mol. The largest absolute Gasteiger partial charge is 0.854 e. The van der Waals surface area contributed by atoms with Gasteiger partial charge in [-0.1, -0.05) is 66.9 Å². The van der Waals surface area contributed by atoms with E-state index >= 15 is 0 Å². The molecule has 1 amide bonds. The van der Waals surface area contributed by atoms with Crippen molar-refractivity contribution in [3.8, 4) is 17.1 Å². The number of aromatic nitrogens is 3. The van der Waals surface area contributed by atoms with E-state index in [0.29, 0.717) is 16.4 Å². The zero-order valence-corrected chi connectivity index (χ0v) is 18.9. The maximum atomic E-state index is 14.9. The highest BCUT2D eigenvalue weighted by Crippen LogP contribution is 2.41. The number of nitrogens with zero attached hydrogens (tertiary/aromatic N) is 4. The Bertz CT molecular complexity index is 1140. The first kappa shape index (κ1) is 22.2. The lowest BCUT2D eigenvalue weighted by atomic mass is 10.0. The van der Waals surface area contributed by atoms with E-state index in [1.54, 1.807) is 42.5 Å². The van der Waals surface area contributed by atoms with Gasteiger partial charge in [0.05, 0.1) is 22.7 Å². The second-order valence-corrected chi connectivity index (χ2v) is 8.77. The number of amides is 1. The quantitative estimate of drug-likeness (QED) is 0.305. The van der Waals surface area contributed by atoms with Crippen LogP contribution in [-0.4, -0.2) is 21.7 Å². The van der Waals surface area contributed by atoms with Crippen LogP contribution < -0.4 is 14.7 Å². The summed E-state index contributed by atoms with van der Waals surface area (Å²) in [5, 5.41) is 18.1. The molecule has 32 heavy (non-hydrogen) atoms. The molecule has 1 aromatic heterocycles. The Morgan fingerprint density at radius 2 is 1.91 bits per heavy atom. The number of anilines is 1. The number of hydrogen-bond acceptors (Lipinski definition) is 5. The zero-order chi connectivity index (χ0) is 22.7. The molecule has 0 bridgehead atoms. The lowest BCUT2D eigenvalue weighted by molar-refractivity contribution is -0.764. The van der Waals surface area contributed by atoms with Crippen LogP contribution in [0.5, 0.6) is 5.88 Å². The van der Waals surface area contributed by atoms with Crippen molar-refractivity contribution in [3.63, 3.8) is 0 Å². The molecule has 0 radical (unpaired) electrons. The Morgan fingerprint density at radius 3 is 2.66 bits per heavy atom. The topological polar surface area (TPSA) is 73.0 Å². The van der Waals surface area contributed by atoms with Gasteiger partial charge in [0.25, 0.3) is 17.0 Å². The van der Waals surface area contributed by atoms with Crippen LogP contribution in [0.15, 0.2) is 53.7 Å². The van der Waals surface area contributed by atoms with E-state index in [1.165, 1.54) is 34.3 Å². The summed E-state index contributed by atoms with van der Waals surface area (Å²) in [5.74, 6) is -0.394. The number of unbranched alkanes of at least 4 members (excludes halogenated alkanes) is 3. The lowest BCUT2D eigenvalue weighted by Crippen LogP contribution is -2.59. The molecule has 0 N–H and O–H groups in total. The van der Waals surface area contributed by atoms with Crippen molar-refractivity contribution in [2.24, 2.45) is 0 Å². The molecule has 1 aliphatic heterocycles. The van der Waals surface area contributed by atoms with Crippen LogP contribution in [0.2, 0.25) is 0 Å². The summed E-state index contributed by atoms with van der Waals surface area (Å²) in [7, 11) is 0. The summed E-state index contributed by atoms with van der Waals surface area (Å²) in [5.41, 5.74) is 1.61. The summed E-state index contributed by atoms with van der Waals surface area (Å²) in [6.45, 7) is 3.58. The third-order valence-electron chi connectivity index (χ3n) is 5.47. The standard InChI is InChI=1S/C24H25FN4O2S/c1-3-4-5-10-15-32-24-26-22(31)21-18-12-7-9-14-20(18)28(16(2)30)23(29(21)27-24)17-11-6-8-13-19(17)25/h6-9,11-14,23H,3-5,10,15H2,1-2H3. The number of carbonyl (C=O) groups is 1. The molecule has 2 aromatic carbocycles. The molecule has 0 saturated carbocycles. The van der Waals surface area contributed by atoms with Gasteiger partial charge >= 0.3 is 0 Å². The fourth-order valence-corrected chi connectivity index (χ4v) is 4.82. The molecule has 0 saturated heterocycles. The molecular formula is C24H25FN4O2S. The number of para-hydroxylation sites is 1. The summed E-state index contributed by atoms with van der Waals surface area (Å²) >= 11 is 1.41. The van der Waals surface area contributed by atoms with Crippen LogP contribution in [0.3, 0.4) is 0 Å². The minimum atomic E-state index is -0.922. The van der Waals surface area contributed by atoms with Gasteiger partial charge in [-0.15, -0.1) is 0 Å². The van der Waals surface area contributed by atoms with E-state index in [1.807, 2.05) is 0 Å². The number of benzene rings is 2. The summed E-state index contributed by atoms with van der Waals surface area (Å²) < 4.78 is 16.4. The first-order chi connectivity index (χ1) is 15.5. The van der Waals surface area contributed by atoms with Gasteiger partial charge in [0.15, 0.2) is 0 Å². The normalized spacial score (nSPS) is 14.7. The molecule has 0 aliphatic carbocycles. The van der Waals surface area contributed by atoms with Gasteiger partial charge in [0.2, 0.25) is 5.91 Å². The van der Waals surface area contributed by atoms with Gasteiger partial charge in [-0.3, -0.25) is 4.79 Å². The minimum Gasteiger partial charge on any atom is -0.854 e. The summed E-state index contributed by atoms with van der Waals surface area (Å²) in [4.78, 5) is 18.5. The van der Waals surface area contributed by atoms with E-state index in [4.69, 9.17) is 0 Å². The van der Waals surface area contributed by atoms with Crippen molar-refractivity contribution in [2.45, 2.75) is 50.9 Å². The van der Waals surface area contributed by atoms with Crippen molar-refractivity contribution in [1.82, 2.24) is 10.1 Å². The third-order valence-corrected chi connectivity index (χ3v) is 6.39. The number of fused-ring (bicyclic) bond motifs is 3. The average molecular weight is 453 g/mol. The molecule has 166 valence electrons. The average Bonchev–Trinajstić information content (AvgIpc) is 2.78. The lowest BCUT2D eigenvalue weighted by Gasteiger charge is -2.32. The van der Waals surface area contributed by atoms with Gasteiger partial charge in [0.1, 0.15) is 5.82 Å². The molecule has 1 atom stereocenters. The summed E-state index contributed by atoms with van der Waals surface area (Å²) in [6.07, 6.45) is 3.48. The predicted octanol–water partition coefficient (Wildman–Crippen LogP) is 4.23.